The quantitative estimate of drug-likeness (QED) is 0.872. The van der Waals surface area contributed by atoms with Gasteiger partial charge in [0, 0.05) is 12.5 Å². The summed E-state index contributed by atoms with van der Waals surface area (Å²) in [5.74, 6) is 0.463. The van der Waals surface area contributed by atoms with Crippen LogP contribution in [-0.2, 0) is 4.79 Å². The lowest BCUT2D eigenvalue weighted by Gasteiger charge is -2.24. The van der Waals surface area contributed by atoms with Crippen molar-refractivity contribution in [3.8, 4) is 0 Å². The van der Waals surface area contributed by atoms with E-state index in [1.807, 2.05) is 12.1 Å². The van der Waals surface area contributed by atoms with Gasteiger partial charge in [0.2, 0.25) is 5.91 Å². The van der Waals surface area contributed by atoms with Gasteiger partial charge in [-0.2, -0.15) is 0 Å². The predicted octanol–water partition coefficient (Wildman–Crippen LogP) is 2.36. The molecule has 1 aromatic rings. The van der Waals surface area contributed by atoms with Crippen LogP contribution in [0.15, 0.2) is 24.3 Å². The molecule has 104 valence electrons. The van der Waals surface area contributed by atoms with E-state index in [4.69, 9.17) is 0 Å². The van der Waals surface area contributed by atoms with Crippen molar-refractivity contribution in [1.29, 1.82) is 0 Å². The van der Waals surface area contributed by atoms with Crippen LogP contribution in [0.1, 0.15) is 43.2 Å². The Balaban J connectivity index is 1.86. The first-order chi connectivity index (χ1) is 9.16. The van der Waals surface area contributed by atoms with E-state index in [0.29, 0.717) is 12.5 Å². The molecule has 0 saturated carbocycles. The number of piperidine rings is 1. The van der Waals surface area contributed by atoms with Crippen molar-refractivity contribution in [2.45, 2.75) is 45.1 Å². The number of rotatable bonds is 4. The SMILES string of the molecule is Cc1ccccc1C(C)CC(=O)NC1CCNCC1. The van der Waals surface area contributed by atoms with Gasteiger partial charge in [-0.3, -0.25) is 4.79 Å². The Morgan fingerprint density at radius 3 is 2.74 bits per heavy atom. The Morgan fingerprint density at radius 2 is 2.05 bits per heavy atom. The average molecular weight is 260 g/mol. The lowest BCUT2D eigenvalue weighted by atomic mass is 9.93. The van der Waals surface area contributed by atoms with Crippen molar-refractivity contribution in [2.24, 2.45) is 0 Å². The minimum absolute atomic E-state index is 0.183. The molecule has 0 spiro atoms. The highest BCUT2D eigenvalue weighted by molar-refractivity contribution is 5.77. The Hall–Kier alpha value is -1.35. The standard InChI is InChI=1S/C16H24N2O/c1-12-5-3-4-6-15(12)13(2)11-16(19)18-14-7-9-17-10-8-14/h3-6,13-14,17H,7-11H2,1-2H3,(H,18,19). The van der Waals surface area contributed by atoms with Gasteiger partial charge < -0.3 is 10.6 Å². The molecular formula is C16H24N2O. The zero-order chi connectivity index (χ0) is 13.7. The van der Waals surface area contributed by atoms with E-state index in [2.05, 4.69) is 36.6 Å². The van der Waals surface area contributed by atoms with Gasteiger partial charge in [-0.05, 0) is 49.9 Å². The van der Waals surface area contributed by atoms with E-state index in [1.54, 1.807) is 0 Å². The molecule has 0 aromatic heterocycles. The van der Waals surface area contributed by atoms with Crippen LogP contribution < -0.4 is 10.6 Å². The number of benzene rings is 1. The number of aryl methyl sites for hydroxylation is 1. The van der Waals surface area contributed by atoms with Crippen LogP contribution in [0.5, 0.6) is 0 Å². The van der Waals surface area contributed by atoms with Gasteiger partial charge in [0.15, 0.2) is 0 Å². The van der Waals surface area contributed by atoms with Crippen molar-refractivity contribution in [3.05, 3.63) is 35.4 Å². The highest BCUT2D eigenvalue weighted by Crippen LogP contribution is 2.22. The normalized spacial score (nSPS) is 18.0. The summed E-state index contributed by atoms with van der Waals surface area (Å²) < 4.78 is 0. The number of nitrogens with one attached hydrogen (secondary N) is 2. The molecule has 1 heterocycles. The number of hydrogen-bond acceptors (Lipinski definition) is 2. The highest BCUT2D eigenvalue weighted by atomic mass is 16.1. The zero-order valence-corrected chi connectivity index (χ0v) is 11.9. The topological polar surface area (TPSA) is 41.1 Å². The van der Waals surface area contributed by atoms with Crippen molar-refractivity contribution in [2.75, 3.05) is 13.1 Å². The molecule has 0 aliphatic carbocycles. The third kappa shape index (κ3) is 4.06. The Bertz CT molecular complexity index is 425. The van der Waals surface area contributed by atoms with Crippen LogP contribution in [-0.4, -0.2) is 25.0 Å². The molecule has 1 saturated heterocycles. The molecule has 1 amide bonds. The van der Waals surface area contributed by atoms with Gasteiger partial charge in [0.25, 0.3) is 0 Å². The smallest absolute Gasteiger partial charge is 0.220 e. The number of amides is 1. The molecule has 19 heavy (non-hydrogen) atoms. The summed E-state index contributed by atoms with van der Waals surface area (Å²) in [5, 5.41) is 6.47. The molecule has 1 fully saturated rings. The van der Waals surface area contributed by atoms with E-state index < -0.39 is 0 Å². The van der Waals surface area contributed by atoms with Crippen LogP contribution in [0, 0.1) is 6.92 Å². The molecule has 1 aliphatic heterocycles. The first kappa shape index (κ1) is 14.1. The Kier molecular flexibility index (Phi) is 4.97. The second kappa shape index (κ2) is 6.71. The summed E-state index contributed by atoms with van der Waals surface area (Å²) >= 11 is 0. The molecule has 1 aromatic carbocycles. The molecule has 1 aliphatic rings. The van der Waals surface area contributed by atoms with Crippen LogP contribution in [0.25, 0.3) is 0 Å². The van der Waals surface area contributed by atoms with E-state index >= 15 is 0 Å². The first-order valence-corrected chi connectivity index (χ1v) is 7.22. The van der Waals surface area contributed by atoms with E-state index in [0.717, 1.165) is 25.9 Å². The highest BCUT2D eigenvalue weighted by Gasteiger charge is 2.18. The van der Waals surface area contributed by atoms with Gasteiger partial charge in [-0.1, -0.05) is 31.2 Å². The summed E-state index contributed by atoms with van der Waals surface area (Å²) in [6.45, 7) is 6.26. The Morgan fingerprint density at radius 1 is 1.37 bits per heavy atom. The lowest BCUT2D eigenvalue weighted by molar-refractivity contribution is -0.122. The Labute approximate surface area is 115 Å². The first-order valence-electron chi connectivity index (χ1n) is 7.22. The minimum Gasteiger partial charge on any atom is -0.353 e. The predicted molar refractivity (Wildman–Crippen MR) is 78.2 cm³/mol. The van der Waals surface area contributed by atoms with Gasteiger partial charge >= 0.3 is 0 Å². The molecular weight excluding hydrogens is 236 g/mol. The number of carbonyl (C=O) groups excluding carboxylic acids is 1. The van der Waals surface area contributed by atoms with E-state index in [9.17, 15) is 4.79 Å². The average Bonchev–Trinajstić information content (AvgIpc) is 2.40. The number of hydrogen-bond donors (Lipinski definition) is 2. The van der Waals surface area contributed by atoms with Crippen molar-refractivity contribution < 1.29 is 4.79 Å². The minimum atomic E-state index is 0.183. The van der Waals surface area contributed by atoms with Crippen molar-refractivity contribution >= 4 is 5.91 Å². The molecule has 1 atom stereocenters. The van der Waals surface area contributed by atoms with Crippen LogP contribution in [0.3, 0.4) is 0 Å². The maximum atomic E-state index is 12.1. The zero-order valence-electron chi connectivity index (χ0n) is 11.9. The lowest BCUT2D eigenvalue weighted by Crippen LogP contribution is -2.42. The van der Waals surface area contributed by atoms with E-state index in [1.165, 1.54) is 11.1 Å². The second-order valence-electron chi connectivity index (χ2n) is 5.55. The fourth-order valence-electron chi connectivity index (χ4n) is 2.78. The molecule has 3 heteroatoms. The summed E-state index contributed by atoms with van der Waals surface area (Å²) in [7, 11) is 0. The summed E-state index contributed by atoms with van der Waals surface area (Å²) in [4.78, 5) is 12.1. The molecule has 0 bridgehead atoms. The molecule has 2 rings (SSSR count). The third-order valence-corrected chi connectivity index (χ3v) is 3.92. The van der Waals surface area contributed by atoms with Gasteiger partial charge in [0.05, 0.1) is 0 Å². The molecule has 1 unspecified atom stereocenters. The van der Waals surface area contributed by atoms with Gasteiger partial charge in [-0.15, -0.1) is 0 Å². The summed E-state index contributed by atoms with van der Waals surface area (Å²) in [6, 6.07) is 8.68. The van der Waals surface area contributed by atoms with Crippen LogP contribution >= 0.6 is 0 Å². The summed E-state index contributed by atoms with van der Waals surface area (Å²) in [5.41, 5.74) is 2.55. The van der Waals surface area contributed by atoms with Crippen LogP contribution in [0.4, 0.5) is 0 Å². The van der Waals surface area contributed by atoms with Crippen molar-refractivity contribution in [1.82, 2.24) is 10.6 Å². The maximum absolute atomic E-state index is 12.1. The molecule has 3 nitrogen and oxygen atoms in total. The largest absolute Gasteiger partial charge is 0.353 e. The van der Waals surface area contributed by atoms with Gasteiger partial charge in [0.1, 0.15) is 0 Å². The molecule has 2 N–H and O–H groups in total. The van der Waals surface area contributed by atoms with Gasteiger partial charge in [-0.25, -0.2) is 0 Å². The second-order valence-corrected chi connectivity index (χ2v) is 5.55. The summed E-state index contributed by atoms with van der Waals surface area (Å²) in [6.07, 6.45) is 2.67. The monoisotopic (exact) mass is 260 g/mol. The van der Waals surface area contributed by atoms with E-state index in [-0.39, 0.29) is 11.8 Å². The maximum Gasteiger partial charge on any atom is 0.220 e. The third-order valence-electron chi connectivity index (χ3n) is 3.92. The molecule has 0 radical (unpaired) electrons. The fourth-order valence-corrected chi connectivity index (χ4v) is 2.78. The van der Waals surface area contributed by atoms with Crippen molar-refractivity contribution in [3.63, 3.8) is 0 Å². The number of carbonyl (C=O) groups is 1. The van der Waals surface area contributed by atoms with Crippen LogP contribution in [0.2, 0.25) is 0 Å². The fraction of sp³-hybridized carbons (Fsp3) is 0.562.